The summed E-state index contributed by atoms with van der Waals surface area (Å²) in [6.45, 7) is 2.11. The van der Waals surface area contributed by atoms with Gasteiger partial charge in [0.2, 0.25) is 0 Å². The average molecular weight is 393 g/mol. The molecule has 6 nitrogen and oxygen atoms in total. The summed E-state index contributed by atoms with van der Waals surface area (Å²) >= 11 is 1.39. The lowest BCUT2D eigenvalue weighted by Crippen LogP contribution is -2.27. The second-order valence-electron chi connectivity index (χ2n) is 5.77. The van der Waals surface area contributed by atoms with Crippen LogP contribution < -0.4 is 4.74 Å². The Bertz CT molecular complexity index is 981. The van der Waals surface area contributed by atoms with E-state index in [0.717, 1.165) is 17.0 Å². The number of methoxy groups -OCH3 is 1. The van der Waals surface area contributed by atoms with Crippen molar-refractivity contribution >= 4 is 22.9 Å². The highest BCUT2D eigenvalue weighted by Gasteiger charge is 2.20. The fraction of sp³-hybridized carbons (Fsp3) is 0.190. The summed E-state index contributed by atoms with van der Waals surface area (Å²) < 4.78 is 10.2. The number of carbonyl (C=O) groups is 1. The number of hydrogen-bond acceptors (Lipinski definition) is 7. The van der Waals surface area contributed by atoms with Gasteiger partial charge in [-0.15, -0.1) is 11.3 Å². The highest BCUT2D eigenvalue weighted by molar-refractivity contribution is 7.11. The molecule has 0 spiro atoms. The highest BCUT2D eigenvalue weighted by Crippen LogP contribution is 2.30. The molecule has 1 aliphatic rings. The number of thiazole rings is 1. The maximum absolute atomic E-state index is 11.9. The van der Waals surface area contributed by atoms with Gasteiger partial charge in [0.25, 0.3) is 0 Å². The molecule has 2 heterocycles. The Morgan fingerprint density at radius 3 is 2.75 bits per heavy atom. The van der Waals surface area contributed by atoms with Crippen molar-refractivity contribution in [1.29, 1.82) is 5.26 Å². The van der Waals surface area contributed by atoms with Crippen LogP contribution in [0, 0.1) is 11.3 Å². The summed E-state index contributed by atoms with van der Waals surface area (Å²) in [6, 6.07) is 9.82. The van der Waals surface area contributed by atoms with Crippen LogP contribution in [0.15, 0.2) is 59.8 Å². The van der Waals surface area contributed by atoms with E-state index in [1.54, 1.807) is 31.2 Å². The number of allylic oxidation sites excluding steroid dienone is 4. The Balaban J connectivity index is 1.92. The number of nitrogens with zero attached hydrogens (tertiary/aromatic N) is 3. The van der Waals surface area contributed by atoms with Gasteiger partial charge in [-0.3, -0.25) is 4.79 Å². The monoisotopic (exact) mass is 393 g/mol. The van der Waals surface area contributed by atoms with Gasteiger partial charge in [0.1, 0.15) is 28.9 Å². The van der Waals surface area contributed by atoms with Crippen LogP contribution in [0.1, 0.15) is 11.9 Å². The molecule has 7 heteroatoms. The maximum Gasteiger partial charge on any atom is 0.325 e. The quantitative estimate of drug-likeness (QED) is 0.545. The van der Waals surface area contributed by atoms with Crippen molar-refractivity contribution in [3.05, 3.63) is 64.8 Å². The van der Waals surface area contributed by atoms with E-state index < -0.39 is 0 Å². The summed E-state index contributed by atoms with van der Waals surface area (Å²) in [4.78, 5) is 18.2. The van der Waals surface area contributed by atoms with E-state index in [4.69, 9.17) is 9.47 Å². The first-order chi connectivity index (χ1) is 13.7. The van der Waals surface area contributed by atoms with Crippen molar-refractivity contribution in [2.24, 2.45) is 0 Å². The van der Waals surface area contributed by atoms with Crippen molar-refractivity contribution in [2.75, 3.05) is 20.3 Å². The van der Waals surface area contributed by atoms with Crippen LogP contribution >= 0.6 is 11.3 Å². The molecule has 0 radical (unpaired) electrons. The number of carbonyl (C=O) groups excluding carboxylic acids is 1. The average Bonchev–Trinajstić information content (AvgIpc) is 3.20. The van der Waals surface area contributed by atoms with Crippen molar-refractivity contribution < 1.29 is 14.3 Å². The molecule has 0 saturated carbocycles. The Hall–Kier alpha value is -3.37. The Morgan fingerprint density at radius 2 is 2.07 bits per heavy atom. The van der Waals surface area contributed by atoms with E-state index in [-0.39, 0.29) is 12.5 Å². The van der Waals surface area contributed by atoms with E-state index in [1.807, 2.05) is 41.8 Å². The third kappa shape index (κ3) is 4.30. The maximum atomic E-state index is 11.9. The van der Waals surface area contributed by atoms with Gasteiger partial charge in [0.15, 0.2) is 0 Å². The lowest BCUT2D eigenvalue weighted by molar-refractivity contribution is -0.143. The molecule has 0 aliphatic carbocycles. The smallest absolute Gasteiger partial charge is 0.325 e. The summed E-state index contributed by atoms with van der Waals surface area (Å²) in [5, 5.41) is 12.3. The Morgan fingerprint density at radius 1 is 1.29 bits per heavy atom. The van der Waals surface area contributed by atoms with Gasteiger partial charge in [-0.1, -0.05) is 6.08 Å². The highest BCUT2D eigenvalue weighted by atomic mass is 32.1. The normalized spacial score (nSPS) is 14.5. The molecule has 1 aliphatic heterocycles. The second kappa shape index (κ2) is 9.02. The summed E-state index contributed by atoms with van der Waals surface area (Å²) in [7, 11) is 1.62. The Kier molecular flexibility index (Phi) is 6.25. The number of hydrogen-bond donors (Lipinski definition) is 0. The molecule has 3 rings (SSSR count). The van der Waals surface area contributed by atoms with Crippen molar-refractivity contribution in [1.82, 2.24) is 9.88 Å². The molecule has 0 fully saturated rings. The Labute approximate surface area is 167 Å². The van der Waals surface area contributed by atoms with E-state index in [9.17, 15) is 10.1 Å². The van der Waals surface area contributed by atoms with E-state index >= 15 is 0 Å². The topological polar surface area (TPSA) is 75.5 Å². The molecule has 28 heavy (non-hydrogen) atoms. The SMILES string of the molecule is CCOC(=O)CN1C=CC=C/C1=C(/C#N)c1nc(-c2ccc(OC)cc2)cs1. The van der Waals surface area contributed by atoms with E-state index in [0.29, 0.717) is 22.9 Å². The molecule has 0 saturated heterocycles. The van der Waals surface area contributed by atoms with Gasteiger partial charge in [0.05, 0.1) is 25.1 Å². The number of benzene rings is 1. The zero-order valence-corrected chi connectivity index (χ0v) is 16.4. The van der Waals surface area contributed by atoms with Crippen LogP contribution in [-0.4, -0.2) is 36.1 Å². The largest absolute Gasteiger partial charge is 0.497 e. The summed E-state index contributed by atoms with van der Waals surface area (Å²) in [6.07, 6.45) is 7.18. The molecule has 142 valence electrons. The zero-order valence-electron chi connectivity index (χ0n) is 15.6. The van der Waals surface area contributed by atoms with E-state index in [1.165, 1.54) is 11.3 Å². The van der Waals surface area contributed by atoms with Gasteiger partial charge in [-0.25, -0.2) is 4.98 Å². The van der Waals surface area contributed by atoms with Gasteiger partial charge < -0.3 is 14.4 Å². The molecular formula is C21H19N3O3S. The van der Waals surface area contributed by atoms with Crippen molar-refractivity contribution in [2.45, 2.75) is 6.92 Å². The van der Waals surface area contributed by atoms with Crippen LogP contribution in [0.2, 0.25) is 0 Å². The molecule has 1 aromatic heterocycles. The fourth-order valence-corrected chi connectivity index (χ4v) is 3.52. The van der Waals surface area contributed by atoms with Crippen LogP contribution in [0.3, 0.4) is 0 Å². The van der Waals surface area contributed by atoms with Gasteiger partial charge in [-0.05, 0) is 43.3 Å². The van der Waals surface area contributed by atoms with Crippen molar-refractivity contribution in [3.8, 4) is 23.1 Å². The fourth-order valence-electron chi connectivity index (χ4n) is 2.68. The number of esters is 1. The first-order valence-electron chi connectivity index (χ1n) is 8.68. The first kappa shape index (κ1) is 19.4. The second-order valence-corrected chi connectivity index (χ2v) is 6.63. The predicted molar refractivity (Wildman–Crippen MR) is 108 cm³/mol. The number of nitriles is 1. The zero-order chi connectivity index (χ0) is 19.9. The minimum Gasteiger partial charge on any atom is -0.497 e. The van der Waals surface area contributed by atoms with Gasteiger partial charge >= 0.3 is 5.97 Å². The van der Waals surface area contributed by atoms with Crippen LogP contribution in [0.4, 0.5) is 0 Å². The molecule has 0 atom stereocenters. The van der Waals surface area contributed by atoms with Crippen LogP contribution in [-0.2, 0) is 9.53 Å². The van der Waals surface area contributed by atoms with E-state index in [2.05, 4.69) is 11.1 Å². The van der Waals surface area contributed by atoms with Crippen molar-refractivity contribution in [3.63, 3.8) is 0 Å². The molecule has 0 bridgehead atoms. The third-order valence-corrected chi connectivity index (χ3v) is 4.88. The summed E-state index contributed by atoms with van der Waals surface area (Å²) in [5.74, 6) is 0.420. The molecule has 0 amide bonds. The number of aromatic nitrogens is 1. The predicted octanol–water partition coefficient (Wildman–Crippen LogP) is 4.00. The lowest BCUT2D eigenvalue weighted by atomic mass is 10.1. The summed E-state index contributed by atoms with van der Waals surface area (Å²) in [5.41, 5.74) is 2.75. The molecule has 0 unspecified atom stereocenters. The molecule has 1 aromatic carbocycles. The molecule has 0 N–H and O–H groups in total. The molecule has 2 aromatic rings. The first-order valence-corrected chi connectivity index (χ1v) is 9.56. The lowest BCUT2D eigenvalue weighted by Gasteiger charge is -2.23. The van der Waals surface area contributed by atoms with Gasteiger partial charge in [0, 0.05) is 17.1 Å². The number of ether oxygens (including phenoxy) is 2. The third-order valence-electron chi connectivity index (χ3n) is 4.02. The van der Waals surface area contributed by atoms with Crippen LogP contribution in [0.25, 0.3) is 16.8 Å². The standard InChI is InChI=1S/C21H19N3O3S/c1-3-27-20(25)13-24-11-5-4-6-19(24)17(12-22)21-23-18(14-28-21)15-7-9-16(26-2)10-8-15/h4-11,14H,3,13H2,1-2H3/b19-17+. The minimum atomic E-state index is -0.352. The minimum absolute atomic E-state index is 0.0336. The molecular weight excluding hydrogens is 374 g/mol. The van der Waals surface area contributed by atoms with Gasteiger partial charge in [-0.2, -0.15) is 5.26 Å². The number of rotatable bonds is 6. The van der Waals surface area contributed by atoms with Crippen LogP contribution in [0.5, 0.6) is 5.75 Å².